The third-order valence-electron chi connectivity index (χ3n) is 4.23. The largest absolute Gasteiger partial charge is 0.495 e. The number of amides is 1. The standard InChI is InChI=1S/C23H19N3O4S/c1-30-22-13-6-5-12-21(22)26-31(28,29)20-11-7-10-19(15-20)25-23(27)18(16-24)14-17-8-3-2-4-9-17/h2-15,26H,1H3,(H,25,27). The number of nitrogens with one attached hydrogen (secondary N) is 2. The molecule has 1 amide bonds. The van der Waals surface area contributed by atoms with Gasteiger partial charge in [-0.2, -0.15) is 5.26 Å². The lowest BCUT2D eigenvalue weighted by molar-refractivity contribution is -0.112. The van der Waals surface area contributed by atoms with Crippen molar-refractivity contribution >= 4 is 33.4 Å². The molecule has 0 aliphatic carbocycles. The number of anilines is 2. The highest BCUT2D eigenvalue weighted by Crippen LogP contribution is 2.27. The highest BCUT2D eigenvalue weighted by Gasteiger charge is 2.18. The molecule has 0 fully saturated rings. The van der Waals surface area contributed by atoms with Gasteiger partial charge in [0.25, 0.3) is 15.9 Å². The van der Waals surface area contributed by atoms with Gasteiger partial charge in [-0.3, -0.25) is 9.52 Å². The zero-order chi connectivity index (χ0) is 22.3. The summed E-state index contributed by atoms with van der Waals surface area (Å²) in [6.45, 7) is 0. The number of para-hydroxylation sites is 2. The van der Waals surface area contributed by atoms with E-state index in [2.05, 4.69) is 10.0 Å². The molecule has 2 N–H and O–H groups in total. The van der Waals surface area contributed by atoms with Gasteiger partial charge in [0.1, 0.15) is 17.4 Å². The Morgan fingerprint density at radius 1 is 1.00 bits per heavy atom. The lowest BCUT2D eigenvalue weighted by Gasteiger charge is -2.12. The van der Waals surface area contributed by atoms with Crippen LogP contribution in [0, 0.1) is 11.3 Å². The molecule has 0 radical (unpaired) electrons. The molecule has 3 rings (SSSR count). The van der Waals surface area contributed by atoms with Crippen molar-refractivity contribution < 1.29 is 17.9 Å². The number of nitriles is 1. The number of carbonyl (C=O) groups is 1. The molecule has 31 heavy (non-hydrogen) atoms. The molecule has 0 aliphatic heterocycles. The van der Waals surface area contributed by atoms with E-state index in [1.165, 1.54) is 37.5 Å². The lowest BCUT2D eigenvalue weighted by atomic mass is 10.1. The normalized spacial score (nSPS) is 11.3. The molecule has 8 heteroatoms. The molecule has 3 aromatic rings. The second kappa shape index (κ2) is 9.61. The Hall–Kier alpha value is -4.09. The van der Waals surface area contributed by atoms with Crippen molar-refractivity contribution in [2.45, 2.75) is 4.90 Å². The summed E-state index contributed by atoms with van der Waals surface area (Å²) < 4.78 is 33.2. The quantitative estimate of drug-likeness (QED) is 0.432. The molecule has 0 atom stereocenters. The molecular weight excluding hydrogens is 414 g/mol. The van der Waals surface area contributed by atoms with E-state index < -0.39 is 15.9 Å². The number of sulfonamides is 1. The lowest BCUT2D eigenvalue weighted by Crippen LogP contribution is -2.16. The number of hydrogen-bond donors (Lipinski definition) is 2. The maximum absolute atomic E-state index is 12.8. The molecule has 156 valence electrons. The highest BCUT2D eigenvalue weighted by molar-refractivity contribution is 7.92. The number of nitrogens with zero attached hydrogens (tertiary/aromatic N) is 1. The van der Waals surface area contributed by atoms with Crippen LogP contribution in [0.2, 0.25) is 0 Å². The summed E-state index contributed by atoms with van der Waals surface area (Å²) in [6, 6.07) is 23.2. The van der Waals surface area contributed by atoms with Crippen molar-refractivity contribution in [2.75, 3.05) is 17.1 Å². The molecular formula is C23H19N3O4S. The molecule has 0 heterocycles. The summed E-state index contributed by atoms with van der Waals surface area (Å²) in [5.74, 6) is -0.265. The van der Waals surface area contributed by atoms with Gasteiger partial charge in [0, 0.05) is 5.69 Å². The average molecular weight is 433 g/mol. The summed E-state index contributed by atoms with van der Waals surface area (Å²) in [5.41, 5.74) is 1.12. The molecule has 3 aromatic carbocycles. The zero-order valence-electron chi connectivity index (χ0n) is 16.6. The van der Waals surface area contributed by atoms with Gasteiger partial charge in [-0.25, -0.2) is 8.42 Å². The molecule has 0 saturated carbocycles. The van der Waals surface area contributed by atoms with E-state index in [9.17, 15) is 18.5 Å². The van der Waals surface area contributed by atoms with Crippen LogP contribution < -0.4 is 14.8 Å². The van der Waals surface area contributed by atoms with Crippen molar-refractivity contribution in [2.24, 2.45) is 0 Å². The first-order chi connectivity index (χ1) is 14.9. The van der Waals surface area contributed by atoms with Crippen LogP contribution in [0.4, 0.5) is 11.4 Å². The van der Waals surface area contributed by atoms with E-state index in [-0.39, 0.29) is 21.8 Å². The fourth-order valence-corrected chi connectivity index (χ4v) is 3.85. The van der Waals surface area contributed by atoms with Crippen LogP contribution in [0.25, 0.3) is 6.08 Å². The Morgan fingerprint density at radius 2 is 1.71 bits per heavy atom. The average Bonchev–Trinajstić information content (AvgIpc) is 2.78. The second-order valence-electron chi connectivity index (χ2n) is 6.37. The van der Waals surface area contributed by atoms with Crippen LogP contribution in [0.15, 0.2) is 89.3 Å². The summed E-state index contributed by atoms with van der Waals surface area (Å²) in [4.78, 5) is 12.4. The minimum atomic E-state index is -3.94. The maximum atomic E-state index is 12.8. The van der Waals surface area contributed by atoms with Crippen molar-refractivity contribution in [3.8, 4) is 11.8 Å². The number of rotatable bonds is 7. The van der Waals surface area contributed by atoms with Gasteiger partial charge in [-0.15, -0.1) is 0 Å². The molecule has 0 bridgehead atoms. The summed E-state index contributed by atoms with van der Waals surface area (Å²) in [7, 11) is -2.50. The topological polar surface area (TPSA) is 108 Å². The first-order valence-electron chi connectivity index (χ1n) is 9.17. The van der Waals surface area contributed by atoms with E-state index in [0.29, 0.717) is 11.3 Å². The third-order valence-corrected chi connectivity index (χ3v) is 5.59. The second-order valence-corrected chi connectivity index (χ2v) is 8.05. The predicted molar refractivity (Wildman–Crippen MR) is 119 cm³/mol. The van der Waals surface area contributed by atoms with Crippen molar-refractivity contribution in [3.63, 3.8) is 0 Å². The summed E-state index contributed by atoms with van der Waals surface area (Å²) in [5, 5.41) is 11.9. The van der Waals surface area contributed by atoms with Gasteiger partial charge >= 0.3 is 0 Å². The minimum Gasteiger partial charge on any atom is -0.495 e. The summed E-state index contributed by atoms with van der Waals surface area (Å²) >= 11 is 0. The fraction of sp³-hybridized carbons (Fsp3) is 0.0435. The smallest absolute Gasteiger partial charge is 0.266 e. The van der Waals surface area contributed by atoms with Gasteiger partial charge in [-0.05, 0) is 42.0 Å². The molecule has 7 nitrogen and oxygen atoms in total. The Balaban J connectivity index is 1.82. The first kappa shape index (κ1) is 21.6. The van der Waals surface area contributed by atoms with Crippen molar-refractivity contribution in [1.29, 1.82) is 5.26 Å². The van der Waals surface area contributed by atoms with Crippen LogP contribution in [-0.4, -0.2) is 21.4 Å². The SMILES string of the molecule is COc1ccccc1NS(=O)(=O)c1cccc(NC(=O)C(C#N)=Cc2ccccc2)c1. The van der Waals surface area contributed by atoms with E-state index in [0.717, 1.165) is 0 Å². The minimum absolute atomic E-state index is 0.0539. The van der Waals surface area contributed by atoms with E-state index in [1.54, 1.807) is 48.5 Å². The molecule has 0 unspecified atom stereocenters. The van der Waals surface area contributed by atoms with E-state index >= 15 is 0 Å². The molecule has 0 aromatic heterocycles. The van der Waals surface area contributed by atoms with Crippen molar-refractivity contribution in [3.05, 3.63) is 90.0 Å². The van der Waals surface area contributed by atoms with Gasteiger partial charge in [-0.1, -0.05) is 48.5 Å². The van der Waals surface area contributed by atoms with Gasteiger partial charge < -0.3 is 10.1 Å². The Morgan fingerprint density at radius 3 is 2.42 bits per heavy atom. The van der Waals surface area contributed by atoms with Crippen molar-refractivity contribution in [1.82, 2.24) is 0 Å². The van der Waals surface area contributed by atoms with Crippen LogP contribution in [-0.2, 0) is 14.8 Å². The van der Waals surface area contributed by atoms with Gasteiger partial charge in [0.05, 0.1) is 17.7 Å². The van der Waals surface area contributed by atoms with Gasteiger partial charge in [0.15, 0.2) is 0 Å². The number of hydrogen-bond acceptors (Lipinski definition) is 5. The monoisotopic (exact) mass is 433 g/mol. The van der Waals surface area contributed by atoms with Crippen LogP contribution in [0.1, 0.15) is 5.56 Å². The summed E-state index contributed by atoms with van der Waals surface area (Å²) in [6.07, 6.45) is 1.46. The molecule has 0 saturated heterocycles. The van der Waals surface area contributed by atoms with E-state index in [1.807, 2.05) is 12.1 Å². The number of ether oxygens (including phenoxy) is 1. The Labute approximate surface area is 180 Å². The van der Waals surface area contributed by atoms with Crippen LogP contribution >= 0.6 is 0 Å². The molecule has 0 spiro atoms. The highest BCUT2D eigenvalue weighted by atomic mass is 32.2. The Kier molecular flexibility index (Phi) is 6.70. The fourth-order valence-electron chi connectivity index (χ4n) is 2.74. The van der Waals surface area contributed by atoms with Crippen LogP contribution in [0.5, 0.6) is 5.75 Å². The first-order valence-corrected chi connectivity index (χ1v) is 10.7. The maximum Gasteiger partial charge on any atom is 0.266 e. The zero-order valence-corrected chi connectivity index (χ0v) is 17.4. The Bertz CT molecular complexity index is 1260. The van der Waals surface area contributed by atoms with Crippen LogP contribution in [0.3, 0.4) is 0 Å². The number of methoxy groups -OCH3 is 1. The predicted octanol–water partition coefficient (Wildman–Crippen LogP) is 4.04. The number of carbonyl (C=O) groups excluding carboxylic acids is 1. The third kappa shape index (κ3) is 5.50. The van der Waals surface area contributed by atoms with E-state index in [4.69, 9.17) is 4.74 Å². The number of benzene rings is 3. The van der Waals surface area contributed by atoms with Gasteiger partial charge in [0.2, 0.25) is 0 Å². The molecule has 0 aliphatic rings.